The zero-order valence-corrected chi connectivity index (χ0v) is 13.2. The number of hydrogen-bond acceptors (Lipinski definition) is 13. The van der Waals surface area contributed by atoms with E-state index in [1.165, 1.54) is 0 Å². The minimum absolute atomic E-state index is 0.885. The van der Waals surface area contributed by atoms with Crippen LogP contribution in [0.4, 0.5) is 0 Å². The van der Waals surface area contributed by atoms with Gasteiger partial charge in [-0.25, -0.2) is 9.68 Å². The molecule has 10 atom stereocenters. The van der Waals surface area contributed by atoms with Crippen LogP contribution >= 0.6 is 0 Å². The van der Waals surface area contributed by atoms with Crippen molar-refractivity contribution in [1.29, 1.82) is 0 Å². The Kier molecular flexibility index (Phi) is 10.5. The summed E-state index contributed by atoms with van der Waals surface area (Å²) in [6, 6.07) is 0. The van der Waals surface area contributed by atoms with Crippen molar-refractivity contribution < 1.29 is 71.1 Å². The average molecular weight is 392 g/mol. The first-order valence-electron chi connectivity index (χ1n) is 7.18. The second kappa shape index (κ2) is 11.0. The van der Waals surface area contributed by atoms with Gasteiger partial charge in [-0.3, -0.25) is 5.26 Å². The van der Waals surface area contributed by atoms with Crippen LogP contribution in [0, 0.1) is 0 Å². The van der Waals surface area contributed by atoms with Crippen molar-refractivity contribution in [1.82, 2.24) is 0 Å². The molecule has 0 saturated heterocycles. The highest BCUT2D eigenvalue weighted by Crippen LogP contribution is 2.17. The Bertz CT molecular complexity index is 421. The van der Waals surface area contributed by atoms with Crippen molar-refractivity contribution in [3.8, 4) is 0 Å². The lowest BCUT2D eigenvalue weighted by Crippen LogP contribution is -2.58. The molecule has 0 heterocycles. The van der Waals surface area contributed by atoms with Gasteiger partial charge in [0, 0.05) is 0 Å². The Morgan fingerprint density at radius 2 is 0.923 bits per heavy atom. The number of hydrogen-bond donors (Lipinski definition) is 12. The molecule has 26 heavy (non-hydrogen) atoms. The Hall–Kier alpha value is -1.01. The van der Waals surface area contributed by atoms with Crippen LogP contribution in [0.25, 0.3) is 0 Å². The van der Waals surface area contributed by atoms with Crippen LogP contribution in [0.3, 0.4) is 0 Å². The second-order valence-electron chi connectivity index (χ2n) is 5.57. The van der Waals surface area contributed by atoms with E-state index in [1.807, 2.05) is 0 Å². The van der Waals surface area contributed by atoms with Gasteiger partial charge < -0.3 is 56.2 Å². The summed E-state index contributed by atoms with van der Waals surface area (Å²) in [6.07, 6.45) is -23.8. The average Bonchev–Trinajstić information content (AvgIpc) is 2.62. The summed E-state index contributed by atoms with van der Waals surface area (Å²) in [7, 11) is 0. The molecule has 0 amide bonds. The minimum atomic E-state index is -2.55. The smallest absolute Gasteiger partial charge is 0.335 e. The molecule has 14 nitrogen and oxygen atoms in total. The van der Waals surface area contributed by atoms with Gasteiger partial charge >= 0.3 is 5.97 Å². The lowest BCUT2D eigenvalue weighted by Gasteiger charge is -2.34. The molecular weight excluding hydrogens is 368 g/mol. The summed E-state index contributed by atoms with van der Waals surface area (Å²) < 4.78 is 0. The Morgan fingerprint density at radius 3 is 1.23 bits per heavy atom. The summed E-state index contributed by atoms with van der Waals surface area (Å²) in [5, 5.41) is 112. The molecule has 12 N–H and O–H groups in total. The molecule has 0 bridgehead atoms. The highest BCUT2D eigenvalue weighted by atomic mass is 17.1. The van der Waals surface area contributed by atoms with Crippen molar-refractivity contribution in [2.24, 2.45) is 0 Å². The van der Waals surface area contributed by atoms with Crippen molar-refractivity contribution in [3.05, 3.63) is 0 Å². The fourth-order valence-corrected chi connectivity index (χ4v) is 1.95. The number of aliphatic hydroxyl groups excluding tert-OH is 10. The molecule has 10 unspecified atom stereocenters. The topological polar surface area (TPSA) is 269 Å². The van der Waals surface area contributed by atoms with Crippen molar-refractivity contribution in [3.63, 3.8) is 0 Å². The molecule has 0 rings (SSSR count). The summed E-state index contributed by atoms with van der Waals surface area (Å²) in [5.74, 6) is -1.96. The van der Waals surface area contributed by atoms with Gasteiger partial charge in [-0.05, 0) is 0 Å². The van der Waals surface area contributed by atoms with Gasteiger partial charge in [0.1, 0.15) is 61.5 Å². The van der Waals surface area contributed by atoms with Crippen LogP contribution in [0.1, 0.15) is 0 Å². The molecule has 0 aromatic rings. The third-order valence-corrected chi connectivity index (χ3v) is 3.67. The number of carbonyl (C=O) groups is 1. The van der Waals surface area contributed by atoms with Gasteiger partial charge in [0.05, 0.1) is 0 Å². The SMILES string of the molecule is O=C(O)C(O)C(O)C(O)C(O)C(O)C(O)C(O)C(O)C(O)C(O)COO. The highest BCUT2D eigenvalue weighted by Gasteiger charge is 2.43. The molecule has 14 heteroatoms. The fraction of sp³-hybridized carbons (Fsp3) is 0.917. The standard InChI is InChI=1S/C12H24O14/c13-2(1-26-25)3(14)4(15)5(16)6(17)7(18)8(19)9(20)10(21)11(22)12(23)24/h2-11,13-22,25H,1H2,(H,23,24). The van der Waals surface area contributed by atoms with Crippen LogP contribution in [0.15, 0.2) is 0 Å². The van der Waals surface area contributed by atoms with E-state index in [2.05, 4.69) is 4.89 Å². The van der Waals surface area contributed by atoms with Gasteiger partial charge in [0.15, 0.2) is 6.10 Å². The third kappa shape index (κ3) is 6.31. The molecule has 0 saturated carbocycles. The third-order valence-electron chi connectivity index (χ3n) is 3.67. The van der Waals surface area contributed by atoms with Gasteiger partial charge in [0.2, 0.25) is 0 Å². The van der Waals surface area contributed by atoms with Gasteiger partial charge in [-0.15, -0.1) is 0 Å². The van der Waals surface area contributed by atoms with E-state index in [0.717, 1.165) is 0 Å². The largest absolute Gasteiger partial charge is 0.479 e. The molecule has 156 valence electrons. The lowest BCUT2D eigenvalue weighted by molar-refractivity contribution is -0.269. The van der Waals surface area contributed by atoms with Gasteiger partial charge in [0.25, 0.3) is 0 Å². The van der Waals surface area contributed by atoms with Crippen molar-refractivity contribution in [2.75, 3.05) is 6.61 Å². The zero-order chi connectivity index (χ0) is 20.8. The van der Waals surface area contributed by atoms with Crippen LogP contribution < -0.4 is 0 Å². The highest BCUT2D eigenvalue weighted by molar-refractivity contribution is 5.72. The van der Waals surface area contributed by atoms with Gasteiger partial charge in [-0.1, -0.05) is 0 Å². The van der Waals surface area contributed by atoms with Crippen molar-refractivity contribution in [2.45, 2.75) is 61.0 Å². The molecule has 0 aliphatic rings. The van der Waals surface area contributed by atoms with E-state index in [-0.39, 0.29) is 0 Å². The normalized spacial score (nSPS) is 23.8. The Balaban J connectivity index is 5.00. The number of rotatable bonds is 12. The fourth-order valence-electron chi connectivity index (χ4n) is 1.95. The van der Waals surface area contributed by atoms with Crippen molar-refractivity contribution >= 4 is 5.97 Å². The van der Waals surface area contributed by atoms with Crippen LogP contribution in [-0.4, -0.2) is 135 Å². The van der Waals surface area contributed by atoms with Crippen LogP contribution in [-0.2, 0) is 9.68 Å². The Labute approximate surface area is 145 Å². The summed E-state index contributed by atoms with van der Waals surface area (Å²) >= 11 is 0. The monoisotopic (exact) mass is 392 g/mol. The number of aliphatic carboxylic acids is 1. The molecule has 0 radical (unpaired) electrons. The molecular formula is C12H24O14. The van der Waals surface area contributed by atoms with Gasteiger partial charge in [-0.2, -0.15) is 0 Å². The van der Waals surface area contributed by atoms with Crippen LogP contribution in [0.2, 0.25) is 0 Å². The summed E-state index contributed by atoms with van der Waals surface area (Å²) in [4.78, 5) is 14.0. The molecule has 0 aliphatic heterocycles. The maximum atomic E-state index is 10.5. The minimum Gasteiger partial charge on any atom is -0.479 e. The lowest BCUT2D eigenvalue weighted by atomic mass is 9.91. The van der Waals surface area contributed by atoms with E-state index in [4.69, 9.17) is 15.5 Å². The van der Waals surface area contributed by atoms with E-state index in [1.54, 1.807) is 0 Å². The quantitative estimate of drug-likeness (QED) is 0.109. The van der Waals surface area contributed by atoms with E-state index in [0.29, 0.717) is 0 Å². The molecule has 0 aromatic carbocycles. The maximum Gasteiger partial charge on any atom is 0.335 e. The first kappa shape index (κ1) is 25.0. The zero-order valence-electron chi connectivity index (χ0n) is 13.2. The molecule has 0 spiro atoms. The first-order valence-corrected chi connectivity index (χ1v) is 7.18. The maximum absolute atomic E-state index is 10.5. The molecule has 0 aromatic heterocycles. The van der Waals surface area contributed by atoms with E-state index < -0.39 is 73.6 Å². The summed E-state index contributed by atoms with van der Waals surface area (Å²) in [5.41, 5.74) is 0. The molecule has 0 fully saturated rings. The van der Waals surface area contributed by atoms with Crippen LogP contribution in [0.5, 0.6) is 0 Å². The molecule has 0 aliphatic carbocycles. The Morgan fingerprint density at radius 1 is 0.615 bits per heavy atom. The summed E-state index contributed by atoms with van der Waals surface area (Å²) in [6.45, 7) is -0.885. The predicted octanol–water partition coefficient (Wildman–Crippen LogP) is -6.83. The number of carboxylic acid groups (broad SMARTS) is 1. The number of aliphatic hydroxyl groups is 10. The number of carboxylic acids is 1. The van der Waals surface area contributed by atoms with E-state index in [9.17, 15) is 50.8 Å². The second-order valence-corrected chi connectivity index (χ2v) is 5.57. The van der Waals surface area contributed by atoms with E-state index >= 15 is 0 Å². The first-order chi connectivity index (χ1) is 11.9. The predicted molar refractivity (Wildman–Crippen MR) is 76.3 cm³/mol.